The number of halogens is 2. The van der Waals surface area contributed by atoms with Crippen molar-refractivity contribution in [3.05, 3.63) is 46.2 Å². The molecular weight excluding hydrogens is 387 g/mol. The molecule has 1 N–H and O–H groups in total. The molecule has 3 heterocycles. The maximum absolute atomic E-state index is 12.7. The van der Waals surface area contributed by atoms with E-state index in [1.165, 1.54) is 0 Å². The van der Waals surface area contributed by atoms with E-state index in [-0.39, 0.29) is 11.8 Å². The summed E-state index contributed by atoms with van der Waals surface area (Å²) in [5.74, 6) is 1.32. The monoisotopic (exact) mass is 404 g/mol. The summed E-state index contributed by atoms with van der Waals surface area (Å²) in [4.78, 5) is 14.9. The second kappa shape index (κ2) is 7.32. The number of aromatic nitrogens is 4. The van der Waals surface area contributed by atoms with Crippen LogP contribution in [0, 0.1) is 12.8 Å². The van der Waals surface area contributed by atoms with Crippen molar-refractivity contribution in [1.29, 1.82) is 0 Å². The summed E-state index contributed by atoms with van der Waals surface area (Å²) in [6.45, 7) is 3.29. The fourth-order valence-electron chi connectivity index (χ4n) is 3.28. The minimum absolute atomic E-state index is 0.0644. The number of fused-ring (bicyclic) bond motifs is 1. The smallest absolute Gasteiger partial charge is 0.229 e. The van der Waals surface area contributed by atoms with Crippen LogP contribution in [0.3, 0.4) is 0 Å². The average Bonchev–Trinajstić information content (AvgIpc) is 3.05. The number of carbonyl (C=O) groups is 1. The van der Waals surface area contributed by atoms with E-state index in [1.807, 2.05) is 19.1 Å². The molecule has 7 nitrogen and oxygen atoms in total. The molecule has 9 heteroatoms. The van der Waals surface area contributed by atoms with Crippen LogP contribution in [0.1, 0.15) is 18.7 Å². The van der Waals surface area contributed by atoms with Gasteiger partial charge in [0, 0.05) is 18.1 Å². The lowest BCUT2D eigenvalue weighted by Crippen LogP contribution is -2.41. The predicted molar refractivity (Wildman–Crippen MR) is 106 cm³/mol. The Kier molecular flexibility index (Phi) is 4.88. The maximum Gasteiger partial charge on any atom is 0.229 e. The molecule has 2 aromatic heterocycles. The molecule has 0 aliphatic carbocycles. The Labute approximate surface area is 166 Å². The summed E-state index contributed by atoms with van der Waals surface area (Å²) in [6, 6.07) is 8.83. The van der Waals surface area contributed by atoms with Crippen LogP contribution in [0.2, 0.25) is 10.0 Å². The van der Waals surface area contributed by atoms with Crippen molar-refractivity contribution in [1.82, 2.24) is 19.8 Å². The highest BCUT2D eigenvalue weighted by Gasteiger charge is 2.27. The standard InChI is InChI=1S/C18H18Cl2N6O/c1-11-22-23-16-6-7-17(24-26(11)16)25-8-2-3-12(10-25)18(27)21-15-9-13(19)4-5-14(15)20/h4-7,9,12H,2-3,8,10H2,1H3,(H,21,27). The number of hydrogen-bond donors (Lipinski definition) is 1. The Morgan fingerprint density at radius 1 is 1.22 bits per heavy atom. The van der Waals surface area contributed by atoms with Gasteiger partial charge in [0.1, 0.15) is 5.82 Å². The highest BCUT2D eigenvalue weighted by Crippen LogP contribution is 2.28. The van der Waals surface area contributed by atoms with Crippen LogP contribution in [0.15, 0.2) is 30.3 Å². The molecule has 1 atom stereocenters. The summed E-state index contributed by atoms with van der Waals surface area (Å²) in [5, 5.41) is 16.6. The van der Waals surface area contributed by atoms with Crippen molar-refractivity contribution in [3.8, 4) is 0 Å². The number of aryl methyl sites for hydroxylation is 1. The van der Waals surface area contributed by atoms with Crippen LogP contribution in [0.4, 0.5) is 11.5 Å². The van der Waals surface area contributed by atoms with Gasteiger partial charge < -0.3 is 10.2 Å². The number of piperidine rings is 1. The molecular formula is C18H18Cl2N6O. The van der Waals surface area contributed by atoms with Crippen LogP contribution in [0.5, 0.6) is 0 Å². The van der Waals surface area contributed by atoms with E-state index in [4.69, 9.17) is 23.2 Å². The quantitative estimate of drug-likeness (QED) is 0.721. The van der Waals surface area contributed by atoms with E-state index in [0.29, 0.717) is 27.9 Å². The fraction of sp³-hybridized carbons (Fsp3) is 0.333. The molecule has 1 unspecified atom stereocenters. The molecule has 0 bridgehead atoms. The largest absolute Gasteiger partial charge is 0.354 e. The highest BCUT2D eigenvalue weighted by molar-refractivity contribution is 6.35. The number of amides is 1. The third kappa shape index (κ3) is 3.70. The van der Waals surface area contributed by atoms with E-state index in [1.54, 1.807) is 22.7 Å². The number of carbonyl (C=O) groups excluding carboxylic acids is 1. The van der Waals surface area contributed by atoms with Gasteiger partial charge in [0.25, 0.3) is 0 Å². The van der Waals surface area contributed by atoms with Crippen LogP contribution < -0.4 is 10.2 Å². The van der Waals surface area contributed by atoms with Crippen molar-refractivity contribution in [2.45, 2.75) is 19.8 Å². The Balaban J connectivity index is 1.50. The molecule has 1 fully saturated rings. The zero-order valence-corrected chi connectivity index (χ0v) is 16.2. The van der Waals surface area contributed by atoms with Crippen LogP contribution >= 0.6 is 23.2 Å². The first kappa shape index (κ1) is 18.0. The summed E-state index contributed by atoms with van der Waals surface area (Å²) >= 11 is 12.2. The van der Waals surface area contributed by atoms with Gasteiger partial charge in [-0.3, -0.25) is 4.79 Å². The SMILES string of the molecule is Cc1nnc2ccc(N3CCCC(C(=O)Nc4cc(Cl)ccc4Cl)C3)nn12. The molecule has 0 radical (unpaired) electrons. The lowest BCUT2D eigenvalue weighted by molar-refractivity contribution is -0.120. The van der Waals surface area contributed by atoms with Crippen LogP contribution in [0.25, 0.3) is 5.65 Å². The number of hydrogen-bond acceptors (Lipinski definition) is 5. The van der Waals surface area contributed by atoms with Crippen molar-refractivity contribution in [3.63, 3.8) is 0 Å². The topological polar surface area (TPSA) is 75.4 Å². The van der Waals surface area contributed by atoms with Crippen molar-refractivity contribution >= 4 is 46.3 Å². The summed E-state index contributed by atoms with van der Waals surface area (Å²) in [6.07, 6.45) is 1.72. The van der Waals surface area contributed by atoms with E-state index in [2.05, 4.69) is 25.5 Å². The van der Waals surface area contributed by atoms with Gasteiger partial charge in [-0.1, -0.05) is 23.2 Å². The molecule has 4 rings (SSSR count). The highest BCUT2D eigenvalue weighted by atomic mass is 35.5. The second-order valence-electron chi connectivity index (χ2n) is 6.61. The van der Waals surface area contributed by atoms with Crippen LogP contribution in [-0.4, -0.2) is 38.8 Å². The summed E-state index contributed by atoms with van der Waals surface area (Å²) in [7, 11) is 0. The summed E-state index contributed by atoms with van der Waals surface area (Å²) < 4.78 is 1.71. The number of anilines is 2. The Morgan fingerprint density at radius 2 is 2.07 bits per heavy atom. The Hall–Kier alpha value is -2.38. The summed E-state index contributed by atoms with van der Waals surface area (Å²) in [5.41, 5.74) is 1.24. The van der Waals surface area contributed by atoms with Crippen LogP contribution in [-0.2, 0) is 4.79 Å². The van der Waals surface area contributed by atoms with Crippen molar-refractivity contribution in [2.24, 2.45) is 5.92 Å². The van der Waals surface area contributed by atoms with Crippen molar-refractivity contribution < 1.29 is 4.79 Å². The van der Waals surface area contributed by atoms with Gasteiger partial charge >= 0.3 is 0 Å². The van der Waals surface area contributed by atoms with Gasteiger partial charge in [-0.25, -0.2) is 0 Å². The lowest BCUT2D eigenvalue weighted by Gasteiger charge is -2.32. The van der Waals surface area contributed by atoms with E-state index in [0.717, 1.165) is 31.0 Å². The minimum Gasteiger partial charge on any atom is -0.354 e. The molecule has 1 aliphatic rings. The fourth-order valence-corrected chi connectivity index (χ4v) is 3.62. The molecule has 1 aromatic carbocycles. The van der Waals surface area contributed by atoms with E-state index < -0.39 is 0 Å². The molecule has 3 aromatic rings. The van der Waals surface area contributed by atoms with Gasteiger partial charge in [-0.05, 0) is 50.1 Å². The second-order valence-corrected chi connectivity index (χ2v) is 7.45. The van der Waals surface area contributed by atoms with Gasteiger partial charge in [0.2, 0.25) is 5.91 Å². The van der Waals surface area contributed by atoms with Gasteiger partial charge in [0.05, 0.1) is 16.6 Å². The normalized spacial score (nSPS) is 17.3. The minimum atomic E-state index is -0.159. The molecule has 0 spiro atoms. The first-order valence-corrected chi connectivity index (χ1v) is 9.47. The third-order valence-electron chi connectivity index (χ3n) is 4.71. The molecule has 1 amide bonds. The molecule has 1 saturated heterocycles. The zero-order valence-electron chi connectivity index (χ0n) is 14.7. The van der Waals surface area contributed by atoms with Crippen molar-refractivity contribution in [2.75, 3.05) is 23.3 Å². The number of benzene rings is 1. The predicted octanol–water partition coefficient (Wildman–Crippen LogP) is 3.59. The van der Waals surface area contributed by atoms with E-state index >= 15 is 0 Å². The Morgan fingerprint density at radius 3 is 2.93 bits per heavy atom. The first-order chi connectivity index (χ1) is 13.0. The molecule has 1 aliphatic heterocycles. The van der Waals surface area contributed by atoms with Gasteiger partial charge in [-0.2, -0.15) is 4.52 Å². The molecule has 27 heavy (non-hydrogen) atoms. The zero-order chi connectivity index (χ0) is 19.0. The Bertz CT molecular complexity index is 1000. The average molecular weight is 405 g/mol. The number of nitrogens with zero attached hydrogens (tertiary/aromatic N) is 5. The molecule has 140 valence electrons. The van der Waals surface area contributed by atoms with Gasteiger partial charge in [0.15, 0.2) is 11.5 Å². The maximum atomic E-state index is 12.7. The van der Waals surface area contributed by atoms with E-state index in [9.17, 15) is 4.79 Å². The number of rotatable bonds is 3. The third-order valence-corrected chi connectivity index (χ3v) is 5.27. The first-order valence-electron chi connectivity index (χ1n) is 8.71. The number of nitrogens with one attached hydrogen (secondary N) is 1. The molecule has 0 saturated carbocycles. The van der Waals surface area contributed by atoms with Gasteiger partial charge in [-0.15, -0.1) is 15.3 Å². The lowest BCUT2D eigenvalue weighted by atomic mass is 9.97.